The zero-order valence-electron chi connectivity index (χ0n) is 14.9. The largest absolute Gasteiger partial charge is 0.394 e. The lowest BCUT2D eigenvalue weighted by Gasteiger charge is -2.32. The molecule has 1 aliphatic carbocycles. The Labute approximate surface area is 150 Å². The van der Waals surface area contributed by atoms with Crippen molar-refractivity contribution in [3.8, 4) is 0 Å². The molecule has 1 aliphatic heterocycles. The van der Waals surface area contributed by atoms with E-state index in [4.69, 9.17) is 9.47 Å². The van der Waals surface area contributed by atoms with Crippen LogP contribution < -0.4 is 11.2 Å². The van der Waals surface area contributed by atoms with Crippen LogP contribution in [-0.2, 0) is 9.47 Å². The van der Waals surface area contributed by atoms with Gasteiger partial charge in [0.15, 0.2) is 6.23 Å². The molecule has 1 saturated heterocycles. The highest BCUT2D eigenvalue weighted by Crippen LogP contribution is 2.30. The number of aliphatic hydroxyl groups excluding tert-OH is 3. The molecule has 0 radical (unpaired) electrons. The molecule has 2 fully saturated rings. The Morgan fingerprint density at radius 3 is 2.54 bits per heavy atom. The highest BCUT2D eigenvalue weighted by molar-refractivity contribution is 5.06. The van der Waals surface area contributed by atoms with Gasteiger partial charge in [-0.25, -0.2) is 4.79 Å². The second-order valence-corrected chi connectivity index (χ2v) is 7.03. The van der Waals surface area contributed by atoms with E-state index in [0.29, 0.717) is 12.0 Å². The van der Waals surface area contributed by atoms with Crippen molar-refractivity contribution in [3.63, 3.8) is 0 Å². The smallest absolute Gasteiger partial charge is 0.333 e. The Morgan fingerprint density at radius 2 is 1.92 bits per heavy atom. The Balaban J connectivity index is 2.08. The summed E-state index contributed by atoms with van der Waals surface area (Å²) in [4.78, 5) is 25.8. The van der Waals surface area contributed by atoms with Crippen LogP contribution in [-0.4, -0.2) is 62.6 Å². The molecule has 3 rings (SSSR count). The standard InChI is InChI=1S/C17H26N2O7/c1-9-7-18(16-14(22)13(21)12(8-20)26-16)17(24)19(15(9)23)10-5-3-4-6-11(10)25-2/h7,10-14,16,20-22H,3-6,8H2,1-2H3/t10?,11?,12-,13?,14?,16-/m0/s1. The summed E-state index contributed by atoms with van der Waals surface area (Å²) in [5.41, 5.74) is -0.695. The van der Waals surface area contributed by atoms with Crippen LogP contribution in [0.4, 0.5) is 0 Å². The molecule has 146 valence electrons. The number of nitrogens with zero attached hydrogens (tertiary/aromatic N) is 2. The summed E-state index contributed by atoms with van der Waals surface area (Å²) in [6, 6.07) is -0.392. The fraction of sp³-hybridized carbons (Fsp3) is 0.765. The molecule has 1 aromatic heterocycles. The molecule has 0 spiro atoms. The first-order valence-corrected chi connectivity index (χ1v) is 8.90. The summed E-state index contributed by atoms with van der Waals surface area (Å²) in [6.07, 6.45) is -0.535. The van der Waals surface area contributed by atoms with Crippen LogP contribution in [0.15, 0.2) is 15.8 Å². The van der Waals surface area contributed by atoms with Crippen LogP contribution in [0.5, 0.6) is 0 Å². The van der Waals surface area contributed by atoms with Crippen molar-refractivity contribution in [2.75, 3.05) is 13.7 Å². The molecule has 0 amide bonds. The molecular weight excluding hydrogens is 344 g/mol. The van der Waals surface area contributed by atoms with Crippen molar-refractivity contribution in [1.29, 1.82) is 0 Å². The molecule has 2 heterocycles. The van der Waals surface area contributed by atoms with E-state index >= 15 is 0 Å². The molecule has 0 aromatic carbocycles. The number of methoxy groups -OCH3 is 1. The second-order valence-electron chi connectivity index (χ2n) is 7.03. The van der Waals surface area contributed by atoms with Gasteiger partial charge in [0.1, 0.15) is 18.3 Å². The van der Waals surface area contributed by atoms with Gasteiger partial charge in [-0.15, -0.1) is 0 Å². The van der Waals surface area contributed by atoms with Gasteiger partial charge in [-0.1, -0.05) is 12.8 Å². The van der Waals surface area contributed by atoms with Crippen LogP contribution in [0, 0.1) is 6.92 Å². The highest BCUT2D eigenvalue weighted by Gasteiger charge is 2.44. The molecule has 1 saturated carbocycles. The third-order valence-electron chi connectivity index (χ3n) is 5.41. The number of aromatic nitrogens is 2. The van der Waals surface area contributed by atoms with Gasteiger partial charge in [0, 0.05) is 18.9 Å². The van der Waals surface area contributed by atoms with E-state index in [9.17, 15) is 24.9 Å². The average molecular weight is 370 g/mol. The summed E-state index contributed by atoms with van der Waals surface area (Å²) in [5, 5.41) is 29.5. The summed E-state index contributed by atoms with van der Waals surface area (Å²) in [5.74, 6) is 0. The van der Waals surface area contributed by atoms with Crippen molar-refractivity contribution in [3.05, 3.63) is 32.6 Å². The number of aliphatic hydroxyl groups is 3. The predicted molar refractivity (Wildman–Crippen MR) is 91.0 cm³/mol. The maximum Gasteiger partial charge on any atom is 0.333 e. The molecule has 9 nitrogen and oxygen atoms in total. The molecule has 9 heteroatoms. The van der Waals surface area contributed by atoms with Gasteiger partial charge in [-0.2, -0.15) is 0 Å². The maximum atomic E-state index is 13.1. The molecular formula is C17H26N2O7. The Hall–Kier alpha value is -1.52. The number of rotatable bonds is 4. The SMILES string of the molecule is COC1CCCCC1n1c(=O)c(C)cn([C@H]2O[C@@H](CO)C(O)C2O)c1=O. The zero-order chi connectivity index (χ0) is 19.0. The van der Waals surface area contributed by atoms with E-state index < -0.39 is 48.4 Å². The first-order chi connectivity index (χ1) is 12.4. The van der Waals surface area contributed by atoms with Crippen LogP contribution in [0.25, 0.3) is 0 Å². The molecule has 6 atom stereocenters. The summed E-state index contributed by atoms with van der Waals surface area (Å²) in [7, 11) is 1.56. The quantitative estimate of drug-likeness (QED) is 0.625. The highest BCUT2D eigenvalue weighted by atomic mass is 16.6. The van der Waals surface area contributed by atoms with Crippen LogP contribution in [0.1, 0.15) is 43.5 Å². The second kappa shape index (κ2) is 7.61. The van der Waals surface area contributed by atoms with Crippen molar-refractivity contribution in [1.82, 2.24) is 9.13 Å². The minimum Gasteiger partial charge on any atom is -0.394 e. The molecule has 3 N–H and O–H groups in total. The normalized spacial score (nSPS) is 35.0. The Kier molecular flexibility index (Phi) is 5.64. The lowest BCUT2D eigenvalue weighted by atomic mass is 9.92. The average Bonchev–Trinajstić information content (AvgIpc) is 2.93. The maximum absolute atomic E-state index is 13.1. The molecule has 2 aliphatic rings. The number of ether oxygens (including phenoxy) is 2. The van der Waals surface area contributed by atoms with Gasteiger partial charge in [0.25, 0.3) is 5.56 Å². The van der Waals surface area contributed by atoms with Gasteiger partial charge in [-0.05, 0) is 19.8 Å². The van der Waals surface area contributed by atoms with E-state index in [1.165, 1.54) is 10.8 Å². The predicted octanol–water partition coefficient (Wildman–Crippen LogP) is -0.940. The summed E-state index contributed by atoms with van der Waals surface area (Å²) >= 11 is 0. The lowest BCUT2D eigenvalue weighted by molar-refractivity contribution is -0.0567. The lowest BCUT2D eigenvalue weighted by Crippen LogP contribution is -2.49. The number of hydrogen-bond acceptors (Lipinski definition) is 7. The first-order valence-electron chi connectivity index (χ1n) is 8.90. The molecule has 1 aromatic rings. The topological polar surface area (TPSA) is 123 Å². The minimum absolute atomic E-state index is 0.241. The molecule has 26 heavy (non-hydrogen) atoms. The van der Waals surface area contributed by atoms with Crippen LogP contribution in [0.2, 0.25) is 0 Å². The number of aryl methyl sites for hydroxylation is 1. The fourth-order valence-corrected chi connectivity index (χ4v) is 3.95. The van der Waals surface area contributed by atoms with Crippen LogP contribution in [0.3, 0.4) is 0 Å². The summed E-state index contributed by atoms with van der Waals surface area (Å²) in [6.45, 7) is 1.09. The van der Waals surface area contributed by atoms with E-state index in [0.717, 1.165) is 23.8 Å². The van der Waals surface area contributed by atoms with Gasteiger partial charge < -0.3 is 24.8 Å². The van der Waals surface area contributed by atoms with Crippen LogP contribution >= 0.6 is 0 Å². The third kappa shape index (κ3) is 3.14. The van der Waals surface area contributed by atoms with Crippen molar-refractivity contribution >= 4 is 0 Å². The zero-order valence-corrected chi connectivity index (χ0v) is 14.9. The Morgan fingerprint density at radius 1 is 1.23 bits per heavy atom. The van der Waals surface area contributed by atoms with Gasteiger partial charge in [0.2, 0.25) is 0 Å². The van der Waals surface area contributed by atoms with Gasteiger partial charge in [0.05, 0.1) is 18.8 Å². The van der Waals surface area contributed by atoms with E-state index in [1.807, 2.05) is 0 Å². The van der Waals surface area contributed by atoms with E-state index in [-0.39, 0.29) is 6.10 Å². The fourth-order valence-electron chi connectivity index (χ4n) is 3.95. The van der Waals surface area contributed by atoms with E-state index in [2.05, 4.69) is 0 Å². The Bertz CT molecular complexity index is 758. The summed E-state index contributed by atoms with van der Waals surface area (Å²) < 4.78 is 13.2. The van der Waals surface area contributed by atoms with E-state index in [1.54, 1.807) is 14.0 Å². The molecule has 4 unspecified atom stereocenters. The molecule has 0 bridgehead atoms. The first kappa shape index (κ1) is 19.2. The van der Waals surface area contributed by atoms with Crippen molar-refractivity contribution in [2.45, 2.75) is 69.3 Å². The van der Waals surface area contributed by atoms with Crippen molar-refractivity contribution in [2.24, 2.45) is 0 Å². The monoisotopic (exact) mass is 370 g/mol. The third-order valence-corrected chi connectivity index (χ3v) is 5.41. The van der Waals surface area contributed by atoms with Gasteiger partial charge in [-0.3, -0.25) is 13.9 Å². The minimum atomic E-state index is -1.39. The van der Waals surface area contributed by atoms with Crippen molar-refractivity contribution < 1.29 is 24.8 Å². The van der Waals surface area contributed by atoms with Gasteiger partial charge >= 0.3 is 5.69 Å². The number of hydrogen-bond donors (Lipinski definition) is 3.